The monoisotopic (exact) mass is 276 g/mol. The lowest BCUT2D eigenvalue weighted by Gasteiger charge is -2.12. The predicted octanol–water partition coefficient (Wildman–Crippen LogP) is 3.86. The largest absolute Gasteiger partial charge is 0.361 e. The average Bonchev–Trinajstić information content (AvgIpc) is 2.83. The van der Waals surface area contributed by atoms with E-state index in [9.17, 15) is 0 Å². The molecular weight excluding hydrogens is 252 g/mol. The van der Waals surface area contributed by atoms with Crippen molar-refractivity contribution in [3.8, 4) is 0 Å². The van der Waals surface area contributed by atoms with Gasteiger partial charge in [-0.15, -0.1) is 0 Å². The summed E-state index contributed by atoms with van der Waals surface area (Å²) in [7, 11) is 0. The van der Waals surface area contributed by atoms with Crippen LogP contribution in [0, 0.1) is 5.92 Å². The maximum Gasteiger partial charge on any atom is 0.157 e. The Balaban J connectivity index is 1.93. The summed E-state index contributed by atoms with van der Waals surface area (Å²) in [6.45, 7) is 7.55. The maximum atomic E-state index is 4.73. The molecule has 0 amide bonds. The summed E-state index contributed by atoms with van der Waals surface area (Å²) in [4.78, 5) is 4.73. The van der Waals surface area contributed by atoms with Crippen LogP contribution in [0.5, 0.6) is 0 Å². The van der Waals surface area contributed by atoms with Crippen molar-refractivity contribution >= 4 is 16.9 Å². The van der Waals surface area contributed by atoms with Crippen molar-refractivity contribution in [1.82, 2.24) is 5.32 Å². The van der Waals surface area contributed by atoms with Crippen molar-refractivity contribution in [1.29, 1.82) is 0 Å². The number of rotatable bonds is 5. The minimum Gasteiger partial charge on any atom is -0.361 e. The molecule has 1 unspecified atom stereocenters. The lowest BCUT2D eigenvalue weighted by Crippen LogP contribution is -2.28. The molecule has 1 N–H and O–H groups in total. The number of hydrogen-bond donors (Lipinski definition) is 1. The van der Waals surface area contributed by atoms with Crippen molar-refractivity contribution in [2.75, 3.05) is 5.75 Å². The van der Waals surface area contributed by atoms with Gasteiger partial charge < -0.3 is 5.32 Å². The van der Waals surface area contributed by atoms with Crippen molar-refractivity contribution in [3.63, 3.8) is 0 Å². The third-order valence-electron chi connectivity index (χ3n) is 3.40. The fraction of sp³-hybridized carbons (Fsp3) is 0.562. The Morgan fingerprint density at radius 2 is 2.05 bits per heavy atom. The summed E-state index contributed by atoms with van der Waals surface area (Å²) in [5, 5.41) is 4.66. The molecule has 19 heavy (non-hydrogen) atoms. The highest BCUT2D eigenvalue weighted by atomic mass is 32.2. The van der Waals surface area contributed by atoms with Crippen LogP contribution in [0.25, 0.3) is 0 Å². The molecule has 0 spiro atoms. The predicted molar refractivity (Wildman–Crippen MR) is 85.8 cm³/mol. The number of nitrogens with one attached hydrogen (secondary N) is 1. The number of aryl methyl sites for hydroxylation is 1. The van der Waals surface area contributed by atoms with Gasteiger partial charge in [-0.1, -0.05) is 56.8 Å². The van der Waals surface area contributed by atoms with Crippen LogP contribution in [0.1, 0.15) is 38.3 Å². The van der Waals surface area contributed by atoms with Crippen LogP contribution >= 0.6 is 11.8 Å². The molecule has 2 rings (SSSR count). The molecule has 1 atom stereocenters. The van der Waals surface area contributed by atoms with Gasteiger partial charge in [0, 0.05) is 11.8 Å². The van der Waals surface area contributed by atoms with Gasteiger partial charge in [-0.05, 0) is 29.9 Å². The molecule has 104 valence electrons. The summed E-state index contributed by atoms with van der Waals surface area (Å²) in [6, 6.07) is 9.20. The first-order valence-corrected chi connectivity index (χ1v) is 8.18. The SMILES string of the molecule is CCc1ccccc1CN=C1NC(CC(C)C)CS1. The van der Waals surface area contributed by atoms with Gasteiger partial charge >= 0.3 is 0 Å². The molecule has 3 heteroatoms. The number of aliphatic imine (C=N–C) groups is 1. The maximum absolute atomic E-state index is 4.73. The number of hydrogen-bond acceptors (Lipinski definition) is 2. The smallest absolute Gasteiger partial charge is 0.157 e. The van der Waals surface area contributed by atoms with Gasteiger partial charge in [-0.3, -0.25) is 4.99 Å². The second-order valence-corrected chi connectivity index (χ2v) is 6.53. The zero-order valence-electron chi connectivity index (χ0n) is 12.1. The Kier molecular flexibility index (Phi) is 5.32. The molecule has 1 heterocycles. The van der Waals surface area contributed by atoms with E-state index in [4.69, 9.17) is 4.99 Å². The molecule has 1 aliphatic rings. The van der Waals surface area contributed by atoms with E-state index in [1.54, 1.807) is 0 Å². The molecule has 2 nitrogen and oxygen atoms in total. The van der Waals surface area contributed by atoms with E-state index >= 15 is 0 Å². The lowest BCUT2D eigenvalue weighted by molar-refractivity contribution is 0.502. The highest BCUT2D eigenvalue weighted by Gasteiger charge is 2.20. The van der Waals surface area contributed by atoms with Crippen LogP contribution in [0.4, 0.5) is 0 Å². The Hall–Kier alpha value is -0.960. The van der Waals surface area contributed by atoms with Crippen molar-refractivity contribution in [2.24, 2.45) is 10.9 Å². The Morgan fingerprint density at radius 3 is 2.74 bits per heavy atom. The Bertz CT molecular complexity index is 440. The molecule has 1 aromatic carbocycles. The average molecular weight is 276 g/mol. The van der Waals surface area contributed by atoms with Crippen molar-refractivity contribution in [2.45, 2.75) is 46.2 Å². The molecule has 0 bridgehead atoms. The summed E-state index contributed by atoms with van der Waals surface area (Å²) in [5.41, 5.74) is 2.76. The van der Waals surface area contributed by atoms with E-state index in [0.717, 1.165) is 29.8 Å². The van der Waals surface area contributed by atoms with Crippen LogP contribution in [-0.4, -0.2) is 17.0 Å². The zero-order chi connectivity index (χ0) is 13.7. The van der Waals surface area contributed by atoms with Crippen LogP contribution in [-0.2, 0) is 13.0 Å². The van der Waals surface area contributed by atoms with Gasteiger partial charge in [0.05, 0.1) is 6.54 Å². The van der Waals surface area contributed by atoms with Crippen LogP contribution in [0.15, 0.2) is 29.3 Å². The van der Waals surface area contributed by atoms with Gasteiger partial charge in [0.15, 0.2) is 5.17 Å². The van der Waals surface area contributed by atoms with E-state index < -0.39 is 0 Å². The van der Waals surface area contributed by atoms with Crippen molar-refractivity contribution < 1.29 is 0 Å². The number of amidine groups is 1. The van der Waals surface area contributed by atoms with E-state index in [1.165, 1.54) is 17.5 Å². The van der Waals surface area contributed by atoms with E-state index in [1.807, 2.05) is 11.8 Å². The number of thioether (sulfide) groups is 1. The summed E-state index contributed by atoms with van der Waals surface area (Å²) < 4.78 is 0. The van der Waals surface area contributed by atoms with Gasteiger partial charge in [0.2, 0.25) is 0 Å². The van der Waals surface area contributed by atoms with E-state index in [-0.39, 0.29) is 0 Å². The molecule has 1 aliphatic heterocycles. The third kappa shape index (κ3) is 4.27. The zero-order valence-corrected chi connectivity index (χ0v) is 13.0. The topological polar surface area (TPSA) is 24.4 Å². The first kappa shape index (κ1) is 14.4. The summed E-state index contributed by atoms with van der Waals surface area (Å²) in [5.74, 6) is 1.91. The van der Waals surface area contributed by atoms with Gasteiger partial charge in [-0.2, -0.15) is 0 Å². The molecular formula is C16H24N2S. The van der Waals surface area contributed by atoms with E-state index in [2.05, 4.69) is 50.4 Å². The molecule has 0 aromatic heterocycles. The number of nitrogens with zero attached hydrogens (tertiary/aromatic N) is 1. The molecule has 0 radical (unpaired) electrons. The fourth-order valence-electron chi connectivity index (χ4n) is 2.44. The second kappa shape index (κ2) is 6.99. The van der Waals surface area contributed by atoms with Gasteiger partial charge in [0.1, 0.15) is 0 Å². The molecule has 1 fully saturated rings. The van der Waals surface area contributed by atoms with Crippen LogP contribution in [0.3, 0.4) is 0 Å². The third-order valence-corrected chi connectivity index (χ3v) is 4.49. The molecule has 0 saturated carbocycles. The summed E-state index contributed by atoms with van der Waals surface area (Å²) in [6.07, 6.45) is 2.31. The molecule has 1 aromatic rings. The minimum absolute atomic E-state index is 0.602. The fourth-order valence-corrected chi connectivity index (χ4v) is 3.42. The van der Waals surface area contributed by atoms with Crippen LogP contribution in [0.2, 0.25) is 0 Å². The van der Waals surface area contributed by atoms with Gasteiger partial charge in [0.25, 0.3) is 0 Å². The van der Waals surface area contributed by atoms with Gasteiger partial charge in [-0.25, -0.2) is 0 Å². The van der Waals surface area contributed by atoms with E-state index in [0.29, 0.717) is 6.04 Å². The minimum atomic E-state index is 0.602. The molecule has 0 aliphatic carbocycles. The highest BCUT2D eigenvalue weighted by Crippen LogP contribution is 2.20. The quantitative estimate of drug-likeness (QED) is 0.883. The Labute approximate surface area is 121 Å². The lowest BCUT2D eigenvalue weighted by atomic mass is 10.1. The van der Waals surface area contributed by atoms with Crippen molar-refractivity contribution in [3.05, 3.63) is 35.4 Å². The summed E-state index contributed by atoms with van der Waals surface area (Å²) >= 11 is 1.86. The van der Waals surface area contributed by atoms with Crippen LogP contribution < -0.4 is 5.32 Å². The first-order chi connectivity index (χ1) is 9.19. The number of benzene rings is 1. The normalized spacial score (nSPS) is 21.1. The second-order valence-electron chi connectivity index (χ2n) is 5.53. The standard InChI is InChI=1S/C16H24N2S/c1-4-13-7-5-6-8-14(13)10-17-16-18-15(11-19-16)9-12(2)3/h5-8,12,15H,4,9-11H2,1-3H3,(H,17,18). The molecule has 1 saturated heterocycles. The first-order valence-electron chi connectivity index (χ1n) is 7.19. The Morgan fingerprint density at radius 1 is 1.32 bits per heavy atom. The highest BCUT2D eigenvalue weighted by molar-refractivity contribution is 8.14.